The molecule has 3 aliphatic rings. The summed E-state index contributed by atoms with van der Waals surface area (Å²) in [6.07, 6.45) is 9.92. The van der Waals surface area contributed by atoms with Crippen molar-refractivity contribution in [2.24, 2.45) is 34.3 Å². The summed E-state index contributed by atoms with van der Waals surface area (Å²) in [6, 6.07) is -0.514. The van der Waals surface area contributed by atoms with E-state index in [4.69, 9.17) is 9.47 Å². The second-order valence-electron chi connectivity index (χ2n) is 10.1. The quantitative estimate of drug-likeness (QED) is 0.394. The second kappa shape index (κ2) is 10.9. The molecule has 1 saturated heterocycles. The number of fused-ring (bicyclic) bond motifs is 1. The summed E-state index contributed by atoms with van der Waals surface area (Å²) in [6.45, 7) is 8.21. The molecule has 1 aliphatic heterocycles. The Bertz CT molecular complexity index is 792. The van der Waals surface area contributed by atoms with Crippen molar-refractivity contribution < 1.29 is 24.2 Å². The van der Waals surface area contributed by atoms with E-state index in [1.54, 1.807) is 0 Å². The minimum Gasteiger partial charge on any atom is -0.462 e. The van der Waals surface area contributed by atoms with Crippen molar-refractivity contribution in [1.82, 2.24) is 0 Å². The van der Waals surface area contributed by atoms with E-state index in [2.05, 4.69) is 37.3 Å². The van der Waals surface area contributed by atoms with Crippen LogP contribution < -0.4 is 0 Å². The fourth-order valence-electron chi connectivity index (χ4n) is 6.07. The number of aliphatic hydroxyl groups is 1. The monoisotopic (exact) mass is 461 g/mol. The van der Waals surface area contributed by atoms with E-state index in [-0.39, 0.29) is 66.3 Å². The molecule has 0 aromatic heterocycles. The first-order chi connectivity index (χ1) is 15.8. The Hall–Kier alpha value is -2.02. The third-order valence-electron chi connectivity index (χ3n) is 8.20. The normalized spacial score (nSPS) is 36.9. The van der Waals surface area contributed by atoms with E-state index >= 15 is 0 Å². The molecule has 1 N–H and O–H groups in total. The Kier molecular flexibility index (Phi) is 8.48. The molecule has 0 aromatic rings. The van der Waals surface area contributed by atoms with Crippen LogP contribution in [0.15, 0.2) is 29.0 Å². The van der Waals surface area contributed by atoms with E-state index in [0.29, 0.717) is 19.3 Å². The van der Waals surface area contributed by atoms with Crippen molar-refractivity contribution >= 4 is 11.9 Å². The molecule has 0 saturated carbocycles. The van der Waals surface area contributed by atoms with Gasteiger partial charge in [0.25, 0.3) is 0 Å². The maximum Gasteiger partial charge on any atom is 0.308 e. The summed E-state index contributed by atoms with van der Waals surface area (Å²) in [5.74, 6) is -0.345. The van der Waals surface area contributed by atoms with Gasteiger partial charge in [-0.05, 0) is 49.5 Å². The minimum absolute atomic E-state index is 0.0207. The molecule has 184 valence electrons. The van der Waals surface area contributed by atoms with Crippen molar-refractivity contribution in [1.29, 1.82) is 0 Å². The lowest BCUT2D eigenvalue weighted by molar-refractivity contribution is -0.167. The molecule has 7 nitrogen and oxygen atoms in total. The average Bonchev–Trinajstić information content (AvgIpc) is 2.82. The van der Waals surface area contributed by atoms with Crippen molar-refractivity contribution in [3.63, 3.8) is 0 Å². The number of hydrogen-bond donors (Lipinski definition) is 1. The largest absolute Gasteiger partial charge is 0.462 e. The van der Waals surface area contributed by atoms with Crippen LogP contribution in [0.4, 0.5) is 0 Å². The predicted octanol–water partition coefficient (Wildman–Crippen LogP) is 4.72. The Labute approximate surface area is 197 Å². The van der Waals surface area contributed by atoms with E-state index in [9.17, 15) is 19.6 Å². The first-order valence-corrected chi connectivity index (χ1v) is 12.5. The third kappa shape index (κ3) is 5.23. The van der Waals surface area contributed by atoms with Gasteiger partial charge in [-0.1, -0.05) is 51.1 Å². The van der Waals surface area contributed by atoms with Crippen LogP contribution in [0.1, 0.15) is 72.6 Å². The summed E-state index contributed by atoms with van der Waals surface area (Å²) < 4.78 is 11.7. The van der Waals surface area contributed by atoms with Gasteiger partial charge in [0, 0.05) is 24.4 Å². The number of cyclic esters (lactones) is 1. The van der Waals surface area contributed by atoms with E-state index < -0.39 is 6.04 Å². The molecule has 0 unspecified atom stereocenters. The zero-order valence-electron chi connectivity index (χ0n) is 20.4. The van der Waals surface area contributed by atoms with Crippen molar-refractivity contribution in [3.8, 4) is 0 Å². The van der Waals surface area contributed by atoms with Crippen LogP contribution in [-0.2, 0) is 19.1 Å². The van der Waals surface area contributed by atoms with Crippen molar-refractivity contribution in [2.45, 2.75) is 90.9 Å². The summed E-state index contributed by atoms with van der Waals surface area (Å²) >= 11 is 0. The molecule has 0 amide bonds. The zero-order chi connectivity index (χ0) is 24.2. The lowest BCUT2D eigenvalue weighted by Crippen LogP contribution is -2.52. The summed E-state index contributed by atoms with van der Waals surface area (Å²) in [5, 5.41) is 13.0. The van der Waals surface area contributed by atoms with Gasteiger partial charge in [-0.3, -0.25) is 9.59 Å². The highest BCUT2D eigenvalue weighted by atomic mass is 16.5. The molecule has 0 spiro atoms. The Morgan fingerprint density at radius 2 is 2.09 bits per heavy atom. The number of carbonyl (C=O) groups is 2. The van der Waals surface area contributed by atoms with Crippen molar-refractivity contribution in [3.05, 3.63) is 28.7 Å². The standard InChI is InChI=1S/C26H39NO6/c1-5-16(3)25(30)33-23-12-18(15-28)11-19-8-7-17(4)22(26(19,23)6-2)10-9-21-13-20(27-31)14-24(29)32-21/h7-8,11,16-18,20-23,28H,5-6,9-10,12-15H2,1-4H3/t16-,17-,18-,20+,21+,22-,23-,26-/m0/s1. The molecule has 0 aromatic carbocycles. The van der Waals surface area contributed by atoms with Crippen LogP contribution >= 0.6 is 0 Å². The first kappa shape index (κ1) is 25.6. The van der Waals surface area contributed by atoms with Gasteiger partial charge in [0.05, 0.1) is 12.3 Å². The van der Waals surface area contributed by atoms with Crippen LogP contribution in [0.3, 0.4) is 0 Å². The fourth-order valence-corrected chi connectivity index (χ4v) is 6.07. The first-order valence-electron chi connectivity index (χ1n) is 12.5. The van der Waals surface area contributed by atoms with Crippen LogP contribution in [0.2, 0.25) is 0 Å². The number of aliphatic hydroxyl groups excluding tert-OH is 1. The summed E-state index contributed by atoms with van der Waals surface area (Å²) in [4.78, 5) is 35.8. The molecule has 1 heterocycles. The van der Waals surface area contributed by atoms with Gasteiger partial charge in [-0.2, -0.15) is 4.91 Å². The van der Waals surface area contributed by atoms with Gasteiger partial charge in [0.2, 0.25) is 0 Å². The van der Waals surface area contributed by atoms with Gasteiger partial charge in [-0.15, -0.1) is 0 Å². The zero-order valence-corrected chi connectivity index (χ0v) is 20.4. The lowest BCUT2D eigenvalue weighted by Gasteiger charge is -2.53. The van der Waals surface area contributed by atoms with Gasteiger partial charge < -0.3 is 14.6 Å². The number of nitrogens with zero attached hydrogens (tertiary/aromatic N) is 1. The Balaban J connectivity index is 1.89. The number of hydrogen-bond acceptors (Lipinski definition) is 7. The third-order valence-corrected chi connectivity index (χ3v) is 8.20. The average molecular weight is 462 g/mol. The fraction of sp³-hybridized carbons (Fsp3) is 0.769. The SMILES string of the molecule is CC[C@H](C)C(=O)O[C@H]1C[C@@H](CO)C=C2C=C[C@H](C)[C@H](CC[C@@H]3C[C@@H](N=O)CC(=O)O3)[C@]21CC. The number of ether oxygens (including phenoxy) is 2. The molecule has 2 aliphatic carbocycles. The molecular weight excluding hydrogens is 422 g/mol. The molecule has 0 radical (unpaired) electrons. The maximum atomic E-state index is 12.8. The topological polar surface area (TPSA) is 102 Å². The van der Waals surface area contributed by atoms with Gasteiger partial charge in [0.15, 0.2) is 0 Å². The summed E-state index contributed by atoms with van der Waals surface area (Å²) in [7, 11) is 0. The highest BCUT2D eigenvalue weighted by molar-refractivity contribution is 5.72. The molecular formula is C26H39NO6. The number of allylic oxidation sites excluding steroid dienone is 2. The molecule has 3 rings (SSSR count). The Morgan fingerprint density at radius 1 is 1.33 bits per heavy atom. The van der Waals surface area contributed by atoms with E-state index in [1.165, 1.54) is 0 Å². The van der Waals surface area contributed by atoms with Gasteiger partial charge in [0.1, 0.15) is 18.2 Å². The smallest absolute Gasteiger partial charge is 0.308 e. The van der Waals surface area contributed by atoms with E-state index in [1.807, 2.05) is 13.8 Å². The second-order valence-corrected chi connectivity index (χ2v) is 10.1. The van der Waals surface area contributed by atoms with E-state index in [0.717, 1.165) is 24.8 Å². The molecule has 33 heavy (non-hydrogen) atoms. The lowest BCUT2D eigenvalue weighted by atomic mass is 9.53. The minimum atomic E-state index is -0.514. The number of esters is 2. The maximum absolute atomic E-state index is 12.8. The Morgan fingerprint density at radius 3 is 2.73 bits per heavy atom. The molecule has 0 bridgehead atoms. The highest BCUT2D eigenvalue weighted by Crippen LogP contribution is 2.56. The summed E-state index contributed by atoms with van der Waals surface area (Å²) in [5.41, 5.74) is 0.776. The number of rotatable bonds is 9. The van der Waals surface area contributed by atoms with Crippen LogP contribution in [0.25, 0.3) is 0 Å². The highest BCUT2D eigenvalue weighted by Gasteiger charge is 2.53. The molecule has 8 atom stereocenters. The van der Waals surface area contributed by atoms with Crippen LogP contribution in [-0.4, -0.2) is 41.9 Å². The van der Waals surface area contributed by atoms with Crippen LogP contribution in [0, 0.1) is 34.0 Å². The van der Waals surface area contributed by atoms with Crippen LogP contribution in [0.5, 0.6) is 0 Å². The van der Waals surface area contributed by atoms with Crippen molar-refractivity contribution in [2.75, 3.05) is 6.61 Å². The number of nitroso groups, excluding NO2 is 1. The molecule has 7 heteroatoms. The van der Waals surface area contributed by atoms with Gasteiger partial charge >= 0.3 is 11.9 Å². The number of carbonyl (C=O) groups excluding carboxylic acids is 2. The van der Waals surface area contributed by atoms with Gasteiger partial charge in [-0.25, -0.2) is 0 Å². The predicted molar refractivity (Wildman–Crippen MR) is 125 cm³/mol. The molecule has 1 fully saturated rings.